The zero-order valence-electron chi connectivity index (χ0n) is 18.9. The normalized spacial score (nSPS) is 50.3. The molecular formula is C25H42O4. The van der Waals surface area contributed by atoms with Crippen LogP contribution >= 0.6 is 0 Å². The third-order valence-corrected chi connectivity index (χ3v) is 10.5. The van der Waals surface area contributed by atoms with Gasteiger partial charge in [-0.15, -0.1) is 0 Å². The summed E-state index contributed by atoms with van der Waals surface area (Å²) in [6, 6.07) is 0. The number of carboxylic acid groups (broad SMARTS) is 1. The average molecular weight is 407 g/mol. The lowest BCUT2D eigenvalue weighted by molar-refractivity contribution is -0.176. The van der Waals surface area contributed by atoms with Gasteiger partial charge in [-0.05, 0) is 104 Å². The van der Waals surface area contributed by atoms with E-state index in [9.17, 15) is 9.90 Å². The van der Waals surface area contributed by atoms with E-state index in [1.807, 2.05) is 7.11 Å². The molecule has 4 aliphatic rings. The maximum atomic E-state index is 11.4. The van der Waals surface area contributed by atoms with Crippen molar-refractivity contribution in [3.05, 3.63) is 0 Å². The summed E-state index contributed by atoms with van der Waals surface area (Å²) in [7, 11) is 1.84. The molecule has 0 bridgehead atoms. The number of carbonyl (C=O) groups is 1. The van der Waals surface area contributed by atoms with Crippen LogP contribution in [-0.4, -0.2) is 35.5 Å². The lowest BCUT2D eigenvalue weighted by atomic mass is 9.43. The van der Waals surface area contributed by atoms with Crippen molar-refractivity contribution in [2.24, 2.45) is 46.3 Å². The Bertz CT molecular complexity index is 620. The van der Waals surface area contributed by atoms with Gasteiger partial charge in [-0.2, -0.15) is 0 Å². The first kappa shape index (κ1) is 21.6. The molecule has 4 rings (SSSR count). The number of carboxylic acids is 1. The topological polar surface area (TPSA) is 66.8 Å². The van der Waals surface area contributed by atoms with Crippen LogP contribution in [0.15, 0.2) is 0 Å². The highest BCUT2D eigenvalue weighted by atomic mass is 16.5. The van der Waals surface area contributed by atoms with E-state index in [-0.39, 0.29) is 17.9 Å². The number of aliphatic hydroxyl groups is 1. The molecule has 4 heteroatoms. The fourth-order valence-electron chi connectivity index (χ4n) is 8.93. The average Bonchev–Trinajstić information content (AvgIpc) is 3.03. The summed E-state index contributed by atoms with van der Waals surface area (Å²) in [5.74, 6) is 2.66. The molecule has 10 atom stereocenters. The molecule has 0 aromatic heterocycles. The number of aliphatic hydroxyl groups excluding tert-OH is 1. The fourth-order valence-corrected chi connectivity index (χ4v) is 8.93. The van der Waals surface area contributed by atoms with Crippen molar-refractivity contribution >= 4 is 5.97 Å². The molecule has 4 aliphatic carbocycles. The van der Waals surface area contributed by atoms with E-state index < -0.39 is 5.97 Å². The molecule has 4 saturated carbocycles. The summed E-state index contributed by atoms with van der Waals surface area (Å²) in [5.41, 5.74) is 0.625. The van der Waals surface area contributed by atoms with Gasteiger partial charge >= 0.3 is 5.97 Å². The van der Waals surface area contributed by atoms with Gasteiger partial charge in [0.05, 0.1) is 12.2 Å². The number of methoxy groups -OCH3 is 1. The lowest BCUT2D eigenvalue weighted by Gasteiger charge is -2.62. The Balaban J connectivity index is 1.54. The summed E-state index contributed by atoms with van der Waals surface area (Å²) >= 11 is 0. The number of rotatable bonds is 5. The number of hydrogen-bond donors (Lipinski definition) is 2. The zero-order valence-corrected chi connectivity index (χ0v) is 18.9. The monoisotopic (exact) mass is 406 g/mol. The number of fused-ring (bicyclic) bond motifs is 5. The second kappa shape index (κ2) is 7.82. The van der Waals surface area contributed by atoms with Crippen LogP contribution in [-0.2, 0) is 9.53 Å². The standard InChI is InChI=1S/C25H42O4/c1-15(5-8-22(27)28)18-6-7-19-23-20(10-12-25(18,19)3)24(2)11-9-17(29-4)13-16(24)14-21(23)26/h15-21,23,26H,5-14H2,1-4H3,(H,27,28)/t15-,16-,17+,18?,19?,20?,21?,23?,24-,25+/m0/s1. The first-order valence-electron chi connectivity index (χ1n) is 12.1. The predicted octanol–water partition coefficient (Wildman–Crippen LogP) is 5.13. The van der Waals surface area contributed by atoms with Crippen LogP contribution in [0, 0.1) is 46.3 Å². The van der Waals surface area contributed by atoms with Gasteiger partial charge in [0.1, 0.15) is 0 Å². The van der Waals surface area contributed by atoms with Gasteiger partial charge in [0, 0.05) is 13.5 Å². The van der Waals surface area contributed by atoms with Gasteiger partial charge in [-0.1, -0.05) is 20.8 Å². The number of ether oxygens (including phenoxy) is 1. The van der Waals surface area contributed by atoms with Crippen LogP contribution in [0.2, 0.25) is 0 Å². The van der Waals surface area contributed by atoms with Crippen LogP contribution in [0.25, 0.3) is 0 Å². The Morgan fingerprint density at radius 2 is 1.76 bits per heavy atom. The van der Waals surface area contributed by atoms with Crippen LogP contribution in [0.1, 0.15) is 85.0 Å². The Hall–Kier alpha value is -0.610. The second-order valence-electron chi connectivity index (χ2n) is 11.6. The number of aliphatic carboxylic acids is 1. The molecule has 0 radical (unpaired) electrons. The van der Waals surface area contributed by atoms with Crippen molar-refractivity contribution in [3.8, 4) is 0 Å². The Kier molecular flexibility index (Phi) is 5.83. The van der Waals surface area contributed by atoms with Crippen LogP contribution in [0.4, 0.5) is 0 Å². The molecule has 0 spiro atoms. The van der Waals surface area contributed by atoms with E-state index in [1.54, 1.807) is 0 Å². The first-order valence-corrected chi connectivity index (χ1v) is 12.1. The van der Waals surface area contributed by atoms with E-state index in [0.29, 0.717) is 47.0 Å². The van der Waals surface area contributed by atoms with Gasteiger partial charge in [0.2, 0.25) is 0 Å². The molecule has 0 aliphatic heterocycles. The minimum Gasteiger partial charge on any atom is -0.481 e. The van der Waals surface area contributed by atoms with Crippen LogP contribution < -0.4 is 0 Å². The van der Waals surface area contributed by atoms with E-state index in [1.165, 1.54) is 38.5 Å². The van der Waals surface area contributed by atoms with Gasteiger partial charge in [0.25, 0.3) is 0 Å². The largest absolute Gasteiger partial charge is 0.481 e. The lowest BCUT2D eigenvalue weighted by Crippen LogP contribution is -2.58. The molecule has 4 nitrogen and oxygen atoms in total. The van der Waals surface area contributed by atoms with Gasteiger partial charge < -0.3 is 14.9 Å². The molecule has 0 amide bonds. The summed E-state index contributed by atoms with van der Waals surface area (Å²) < 4.78 is 5.70. The maximum Gasteiger partial charge on any atom is 0.303 e. The van der Waals surface area contributed by atoms with Crippen LogP contribution in [0.5, 0.6) is 0 Å². The van der Waals surface area contributed by atoms with Crippen molar-refractivity contribution in [1.29, 1.82) is 0 Å². The molecule has 2 N–H and O–H groups in total. The molecule has 29 heavy (non-hydrogen) atoms. The molecule has 0 heterocycles. The molecule has 0 aromatic carbocycles. The van der Waals surface area contributed by atoms with Gasteiger partial charge in [0.15, 0.2) is 0 Å². The molecular weight excluding hydrogens is 364 g/mol. The summed E-state index contributed by atoms with van der Waals surface area (Å²) in [6.07, 6.45) is 10.7. The fraction of sp³-hybridized carbons (Fsp3) is 0.960. The maximum absolute atomic E-state index is 11.4. The van der Waals surface area contributed by atoms with Crippen molar-refractivity contribution in [1.82, 2.24) is 0 Å². The van der Waals surface area contributed by atoms with E-state index >= 15 is 0 Å². The highest BCUT2D eigenvalue weighted by Crippen LogP contribution is 2.68. The smallest absolute Gasteiger partial charge is 0.303 e. The summed E-state index contributed by atoms with van der Waals surface area (Å²) in [5, 5.41) is 20.5. The van der Waals surface area contributed by atoms with Crippen molar-refractivity contribution in [2.75, 3.05) is 7.11 Å². The molecule has 0 aromatic rings. The quantitative estimate of drug-likeness (QED) is 0.664. The first-order chi connectivity index (χ1) is 13.7. The van der Waals surface area contributed by atoms with E-state index in [2.05, 4.69) is 20.8 Å². The molecule has 4 fully saturated rings. The SMILES string of the molecule is CO[C@@H]1CC[C@]2(C)C3CC[C@@]4(C)C(CCC4[C@@H](C)CCC(=O)O)C3C(O)C[C@@H]2C1. The predicted molar refractivity (Wildman–Crippen MR) is 113 cm³/mol. The molecule has 166 valence electrons. The van der Waals surface area contributed by atoms with Gasteiger partial charge in [-0.25, -0.2) is 0 Å². The Labute approximate surface area is 176 Å². The summed E-state index contributed by atoms with van der Waals surface area (Å²) in [6.45, 7) is 7.28. The summed E-state index contributed by atoms with van der Waals surface area (Å²) in [4.78, 5) is 11.1. The van der Waals surface area contributed by atoms with Crippen molar-refractivity contribution in [3.63, 3.8) is 0 Å². The number of hydrogen-bond acceptors (Lipinski definition) is 3. The minimum absolute atomic E-state index is 0.175. The minimum atomic E-state index is -0.673. The highest BCUT2D eigenvalue weighted by Gasteiger charge is 2.62. The third-order valence-electron chi connectivity index (χ3n) is 10.5. The Morgan fingerprint density at radius 1 is 1.07 bits per heavy atom. The van der Waals surface area contributed by atoms with E-state index in [4.69, 9.17) is 9.84 Å². The highest BCUT2D eigenvalue weighted by molar-refractivity contribution is 5.66. The van der Waals surface area contributed by atoms with E-state index in [0.717, 1.165) is 19.3 Å². The molecule has 5 unspecified atom stereocenters. The van der Waals surface area contributed by atoms with Crippen molar-refractivity contribution in [2.45, 2.75) is 97.2 Å². The second-order valence-corrected chi connectivity index (χ2v) is 11.6. The van der Waals surface area contributed by atoms with Crippen molar-refractivity contribution < 1.29 is 19.7 Å². The zero-order chi connectivity index (χ0) is 21.0. The van der Waals surface area contributed by atoms with Crippen LogP contribution in [0.3, 0.4) is 0 Å². The molecule has 0 saturated heterocycles. The third kappa shape index (κ3) is 3.46. The Morgan fingerprint density at radius 3 is 2.45 bits per heavy atom. The van der Waals surface area contributed by atoms with Gasteiger partial charge in [-0.3, -0.25) is 4.79 Å².